The Morgan fingerprint density at radius 3 is 2.06 bits per heavy atom. The van der Waals surface area contributed by atoms with E-state index in [4.69, 9.17) is 14.2 Å². The first kappa shape index (κ1) is 23.4. The molecule has 0 aliphatic rings. The molecule has 0 aromatic heterocycles. The Kier molecular flexibility index (Phi) is 8.28. The van der Waals surface area contributed by atoms with E-state index >= 15 is 0 Å². The van der Waals surface area contributed by atoms with Gasteiger partial charge in [-0.25, -0.2) is 0 Å². The molecule has 3 aromatic carbocycles. The highest BCUT2D eigenvalue weighted by molar-refractivity contribution is 5.75. The van der Waals surface area contributed by atoms with Gasteiger partial charge in [0.15, 0.2) is 11.5 Å². The summed E-state index contributed by atoms with van der Waals surface area (Å²) < 4.78 is 16.4. The Morgan fingerprint density at radius 1 is 0.844 bits per heavy atom. The molecule has 0 saturated carbocycles. The fourth-order valence-electron chi connectivity index (χ4n) is 3.88. The standard InChI is InChI=1S/C27H31NO4/c1-5-32-27(29)20(2)28(19-21-12-8-6-9-13-21)26(22-14-10-7-11-15-22)23-16-17-24(30-3)25(18-23)31-4/h6-18,20,26H,5,19H2,1-4H3. The summed E-state index contributed by atoms with van der Waals surface area (Å²) in [4.78, 5) is 15.0. The van der Waals surface area contributed by atoms with Crippen LogP contribution >= 0.6 is 0 Å². The van der Waals surface area contributed by atoms with Gasteiger partial charge >= 0.3 is 5.97 Å². The van der Waals surface area contributed by atoms with Crippen molar-refractivity contribution in [3.05, 3.63) is 95.6 Å². The number of nitrogens with zero attached hydrogens (tertiary/aromatic N) is 1. The lowest BCUT2D eigenvalue weighted by molar-refractivity contribution is -0.149. The first-order valence-corrected chi connectivity index (χ1v) is 10.8. The molecular weight excluding hydrogens is 402 g/mol. The van der Waals surface area contributed by atoms with Crippen molar-refractivity contribution >= 4 is 5.97 Å². The molecule has 0 bridgehead atoms. The SMILES string of the molecule is CCOC(=O)C(C)N(Cc1ccccc1)C(c1ccccc1)c1ccc(OC)c(OC)c1. The van der Waals surface area contributed by atoms with Crippen LogP contribution < -0.4 is 9.47 Å². The van der Waals surface area contributed by atoms with E-state index in [1.807, 2.05) is 68.4 Å². The van der Waals surface area contributed by atoms with Crippen molar-refractivity contribution in [2.75, 3.05) is 20.8 Å². The monoisotopic (exact) mass is 433 g/mol. The summed E-state index contributed by atoms with van der Waals surface area (Å²) in [5.74, 6) is 1.07. The molecule has 0 heterocycles. The van der Waals surface area contributed by atoms with E-state index < -0.39 is 6.04 Å². The quantitative estimate of drug-likeness (QED) is 0.409. The minimum Gasteiger partial charge on any atom is -0.493 e. The predicted molar refractivity (Wildman–Crippen MR) is 126 cm³/mol. The summed E-state index contributed by atoms with van der Waals surface area (Å²) in [7, 11) is 3.25. The van der Waals surface area contributed by atoms with E-state index in [0.29, 0.717) is 24.7 Å². The highest BCUT2D eigenvalue weighted by Gasteiger charge is 2.32. The topological polar surface area (TPSA) is 48.0 Å². The molecule has 2 atom stereocenters. The van der Waals surface area contributed by atoms with Gasteiger partial charge in [0.2, 0.25) is 0 Å². The molecule has 3 aromatic rings. The number of benzene rings is 3. The number of hydrogen-bond donors (Lipinski definition) is 0. The molecule has 0 spiro atoms. The first-order chi connectivity index (χ1) is 15.6. The van der Waals surface area contributed by atoms with E-state index in [1.165, 1.54) is 0 Å². The van der Waals surface area contributed by atoms with Gasteiger partial charge in [-0.05, 0) is 42.7 Å². The second kappa shape index (κ2) is 11.3. The third-order valence-corrected chi connectivity index (χ3v) is 5.50. The van der Waals surface area contributed by atoms with Crippen LogP contribution in [0.2, 0.25) is 0 Å². The summed E-state index contributed by atoms with van der Waals surface area (Å²) in [6, 6.07) is 25.6. The maximum atomic E-state index is 12.9. The van der Waals surface area contributed by atoms with Gasteiger partial charge in [-0.15, -0.1) is 0 Å². The molecule has 0 N–H and O–H groups in total. The summed E-state index contributed by atoms with van der Waals surface area (Å²) in [5.41, 5.74) is 3.19. The Hall–Kier alpha value is -3.31. The lowest BCUT2D eigenvalue weighted by Crippen LogP contribution is -2.42. The molecule has 0 aliphatic heterocycles. The molecule has 5 nitrogen and oxygen atoms in total. The fraction of sp³-hybridized carbons (Fsp3) is 0.296. The van der Waals surface area contributed by atoms with Crippen molar-refractivity contribution in [1.82, 2.24) is 4.90 Å². The lowest BCUT2D eigenvalue weighted by Gasteiger charge is -2.36. The van der Waals surface area contributed by atoms with Gasteiger partial charge < -0.3 is 14.2 Å². The second-order valence-corrected chi connectivity index (χ2v) is 7.51. The second-order valence-electron chi connectivity index (χ2n) is 7.51. The molecule has 0 aliphatic carbocycles. The number of hydrogen-bond acceptors (Lipinski definition) is 5. The van der Waals surface area contributed by atoms with Crippen molar-refractivity contribution in [1.29, 1.82) is 0 Å². The zero-order valence-corrected chi connectivity index (χ0v) is 19.2. The van der Waals surface area contributed by atoms with Gasteiger partial charge in [0.05, 0.1) is 26.9 Å². The summed E-state index contributed by atoms with van der Waals surface area (Å²) >= 11 is 0. The van der Waals surface area contributed by atoms with Crippen molar-refractivity contribution < 1.29 is 19.0 Å². The number of rotatable bonds is 10. The molecule has 3 rings (SSSR count). The average Bonchev–Trinajstić information content (AvgIpc) is 2.84. The molecule has 5 heteroatoms. The van der Waals surface area contributed by atoms with Crippen LogP contribution in [0.1, 0.15) is 36.6 Å². The van der Waals surface area contributed by atoms with Gasteiger partial charge in [0, 0.05) is 6.54 Å². The number of carbonyl (C=O) groups is 1. The molecule has 0 fully saturated rings. The van der Waals surface area contributed by atoms with Gasteiger partial charge in [-0.2, -0.15) is 0 Å². The van der Waals surface area contributed by atoms with Crippen molar-refractivity contribution in [3.63, 3.8) is 0 Å². The van der Waals surface area contributed by atoms with E-state index in [9.17, 15) is 4.79 Å². The third-order valence-electron chi connectivity index (χ3n) is 5.50. The van der Waals surface area contributed by atoms with Crippen molar-refractivity contribution in [3.8, 4) is 11.5 Å². The summed E-state index contributed by atoms with van der Waals surface area (Å²) in [6.07, 6.45) is 0. The average molecular weight is 434 g/mol. The van der Waals surface area contributed by atoms with Crippen LogP contribution in [0.25, 0.3) is 0 Å². The maximum Gasteiger partial charge on any atom is 0.323 e. The van der Waals surface area contributed by atoms with Crippen LogP contribution in [0.4, 0.5) is 0 Å². The number of esters is 1. The van der Waals surface area contributed by atoms with E-state index in [2.05, 4.69) is 29.2 Å². The minimum absolute atomic E-state index is 0.199. The molecule has 0 saturated heterocycles. The van der Waals surface area contributed by atoms with Crippen LogP contribution in [0, 0.1) is 0 Å². The highest BCUT2D eigenvalue weighted by atomic mass is 16.5. The third kappa shape index (κ3) is 5.48. The van der Waals surface area contributed by atoms with Crippen molar-refractivity contribution in [2.24, 2.45) is 0 Å². The number of methoxy groups -OCH3 is 2. The summed E-state index contributed by atoms with van der Waals surface area (Å²) in [5, 5.41) is 0. The van der Waals surface area contributed by atoms with Crippen LogP contribution in [-0.4, -0.2) is 37.7 Å². The van der Waals surface area contributed by atoms with Crippen LogP contribution in [0.3, 0.4) is 0 Å². The van der Waals surface area contributed by atoms with Gasteiger partial charge in [-0.1, -0.05) is 66.7 Å². The zero-order chi connectivity index (χ0) is 22.9. The molecule has 32 heavy (non-hydrogen) atoms. The lowest BCUT2D eigenvalue weighted by atomic mass is 9.94. The highest BCUT2D eigenvalue weighted by Crippen LogP contribution is 2.37. The largest absolute Gasteiger partial charge is 0.493 e. The van der Waals surface area contributed by atoms with E-state index in [0.717, 1.165) is 16.7 Å². The van der Waals surface area contributed by atoms with Crippen molar-refractivity contribution in [2.45, 2.75) is 32.5 Å². The molecule has 168 valence electrons. The molecule has 0 amide bonds. The normalized spacial score (nSPS) is 12.8. The van der Waals surface area contributed by atoms with Crippen LogP contribution in [-0.2, 0) is 16.1 Å². The first-order valence-electron chi connectivity index (χ1n) is 10.8. The smallest absolute Gasteiger partial charge is 0.323 e. The molecule has 2 unspecified atom stereocenters. The number of carbonyl (C=O) groups excluding carboxylic acids is 1. The molecule has 0 radical (unpaired) electrons. The van der Waals surface area contributed by atoms with Crippen LogP contribution in [0.15, 0.2) is 78.9 Å². The van der Waals surface area contributed by atoms with E-state index in [1.54, 1.807) is 14.2 Å². The summed E-state index contributed by atoms with van der Waals surface area (Å²) in [6.45, 7) is 4.65. The Labute approximate surface area is 190 Å². The Morgan fingerprint density at radius 2 is 1.47 bits per heavy atom. The predicted octanol–water partition coefficient (Wildman–Crippen LogP) is 5.25. The Balaban J connectivity index is 2.14. The minimum atomic E-state index is -0.464. The maximum absolute atomic E-state index is 12.9. The van der Waals surface area contributed by atoms with Gasteiger partial charge in [-0.3, -0.25) is 9.69 Å². The fourth-order valence-corrected chi connectivity index (χ4v) is 3.88. The van der Waals surface area contributed by atoms with Crippen LogP contribution in [0.5, 0.6) is 11.5 Å². The Bertz CT molecular complexity index is 991. The van der Waals surface area contributed by atoms with E-state index in [-0.39, 0.29) is 12.0 Å². The van der Waals surface area contributed by atoms with Gasteiger partial charge in [0.25, 0.3) is 0 Å². The molecular formula is C27H31NO4. The van der Waals surface area contributed by atoms with Gasteiger partial charge in [0.1, 0.15) is 6.04 Å². The number of ether oxygens (including phenoxy) is 3. The zero-order valence-electron chi connectivity index (χ0n) is 19.2.